The van der Waals surface area contributed by atoms with E-state index < -0.39 is 5.60 Å². The van der Waals surface area contributed by atoms with Crippen LogP contribution in [-0.2, 0) is 4.79 Å². The van der Waals surface area contributed by atoms with Crippen molar-refractivity contribution in [3.05, 3.63) is 0 Å². The van der Waals surface area contributed by atoms with Gasteiger partial charge in [-0.15, -0.1) is 0 Å². The van der Waals surface area contributed by atoms with Crippen LogP contribution in [0.2, 0.25) is 0 Å². The van der Waals surface area contributed by atoms with Crippen molar-refractivity contribution in [2.24, 2.45) is 5.41 Å². The van der Waals surface area contributed by atoms with Gasteiger partial charge in [0.25, 0.3) is 0 Å². The van der Waals surface area contributed by atoms with Gasteiger partial charge in [-0.3, -0.25) is 0 Å². The summed E-state index contributed by atoms with van der Waals surface area (Å²) in [6, 6.07) is 0. The smallest absolute Gasteiger partial charge is 0.151 e. The molecule has 0 aliphatic carbocycles. The van der Waals surface area contributed by atoms with Crippen LogP contribution in [-0.4, -0.2) is 17.0 Å². The number of hydrogen-bond acceptors (Lipinski definition) is 2. The van der Waals surface area contributed by atoms with E-state index >= 15 is 0 Å². The Balaban J connectivity index is 4.32. The zero-order valence-electron chi connectivity index (χ0n) is 6.43. The summed E-state index contributed by atoms with van der Waals surface area (Å²) in [4.78, 5) is 10.2. The number of rotatable bonds is 1. The quantitative estimate of drug-likeness (QED) is 0.537. The van der Waals surface area contributed by atoms with Crippen LogP contribution >= 0.6 is 0 Å². The van der Waals surface area contributed by atoms with Crippen molar-refractivity contribution in [3.8, 4) is 0 Å². The monoisotopic (exact) mass is 130 g/mol. The molecule has 2 heteroatoms. The lowest BCUT2D eigenvalue weighted by Crippen LogP contribution is -2.41. The van der Waals surface area contributed by atoms with E-state index in [2.05, 4.69) is 0 Å². The lowest BCUT2D eigenvalue weighted by atomic mass is 9.79. The second kappa shape index (κ2) is 2.10. The largest absolute Gasteiger partial charge is 0.382 e. The first-order valence-electron chi connectivity index (χ1n) is 3.00. The molecule has 0 fully saturated rings. The Hall–Kier alpha value is -0.370. The molecule has 0 aliphatic heterocycles. The van der Waals surface area contributed by atoms with Gasteiger partial charge in [0.2, 0.25) is 0 Å². The molecule has 1 atom stereocenters. The number of carbonyl (C=O) groups is 1. The molecule has 0 aromatic heterocycles. The molecular formula is C7H14O2. The van der Waals surface area contributed by atoms with E-state index in [1.807, 2.05) is 20.8 Å². The van der Waals surface area contributed by atoms with Gasteiger partial charge in [0.15, 0.2) is 6.29 Å². The van der Waals surface area contributed by atoms with Gasteiger partial charge in [-0.1, -0.05) is 20.8 Å². The molecule has 0 rings (SSSR count). The van der Waals surface area contributed by atoms with Crippen molar-refractivity contribution in [1.82, 2.24) is 0 Å². The van der Waals surface area contributed by atoms with Gasteiger partial charge in [-0.2, -0.15) is 0 Å². The molecular weight excluding hydrogens is 116 g/mol. The number of aldehydes is 1. The highest BCUT2D eigenvalue weighted by atomic mass is 16.3. The fourth-order valence-electron chi connectivity index (χ4n) is 0.177. The third-order valence-electron chi connectivity index (χ3n) is 1.75. The van der Waals surface area contributed by atoms with Crippen LogP contribution in [0.5, 0.6) is 0 Å². The fourth-order valence-corrected chi connectivity index (χ4v) is 0.177. The molecule has 0 aliphatic rings. The van der Waals surface area contributed by atoms with E-state index in [0.717, 1.165) is 0 Å². The first kappa shape index (κ1) is 8.63. The Morgan fingerprint density at radius 2 is 1.56 bits per heavy atom. The predicted octanol–water partition coefficient (Wildman–Crippen LogP) is 0.982. The van der Waals surface area contributed by atoms with E-state index in [1.54, 1.807) is 0 Å². The number of carbonyl (C=O) groups excluding carboxylic acids is 1. The molecule has 2 nitrogen and oxygen atoms in total. The number of aliphatic hydroxyl groups is 1. The second-order valence-electron chi connectivity index (χ2n) is 3.52. The summed E-state index contributed by atoms with van der Waals surface area (Å²) in [5.41, 5.74) is -1.57. The first-order valence-corrected chi connectivity index (χ1v) is 3.00. The molecule has 0 saturated carbocycles. The molecule has 0 aromatic carbocycles. The van der Waals surface area contributed by atoms with Crippen LogP contribution in [0.25, 0.3) is 0 Å². The fraction of sp³-hybridized carbons (Fsp3) is 0.857. The normalized spacial score (nSPS) is 18.8. The highest BCUT2D eigenvalue weighted by Crippen LogP contribution is 2.27. The highest BCUT2D eigenvalue weighted by Gasteiger charge is 2.34. The van der Waals surface area contributed by atoms with Crippen LogP contribution in [0.4, 0.5) is 0 Å². The van der Waals surface area contributed by atoms with E-state index in [4.69, 9.17) is 0 Å². The van der Waals surface area contributed by atoms with Crippen LogP contribution in [0.3, 0.4) is 0 Å². The van der Waals surface area contributed by atoms with Gasteiger partial charge < -0.3 is 9.90 Å². The Bertz CT molecular complexity index is 109. The SMILES string of the molecule is CC(C)(C)C(C)(O)C=O. The minimum atomic E-state index is -1.20. The van der Waals surface area contributed by atoms with Gasteiger partial charge in [-0.25, -0.2) is 0 Å². The molecule has 0 spiro atoms. The van der Waals surface area contributed by atoms with Crippen molar-refractivity contribution in [1.29, 1.82) is 0 Å². The van der Waals surface area contributed by atoms with Crippen LogP contribution in [0.15, 0.2) is 0 Å². The third kappa shape index (κ3) is 1.79. The summed E-state index contributed by atoms with van der Waals surface area (Å²) in [7, 11) is 0. The molecule has 0 bridgehead atoms. The summed E-state index contributed by atoms with van der Waals surface area (Å²) in [6.45, 7) is 6.98. The standard InChI is InChI=1S/C7H14O2/c1-6(2,3)7(4,9)5-8/h5,9H,1-4H3. The molecule has 54 valence electrons. The average molecular weight is 130 g/mol. The van der Waals surface area contributed by atoms with Crippen molar-refractivity contribution in [3.63, 3.8) is 0 Å². The molecule has 0 heterocycles. The van der Waals surface area contributed by atoms with Crippen LogP contribution < -0.4 is 0 Å². The lowest BCUT2D eigenvalue weighted by molar-refractivity contribution is -0.132. The van der Waals surface area contributed by atoms with Gasteiger partial charge in [0, 0.05) is 0 Å². The predicted molar refractivity (Wildman–Crippen MR) is 36.1 cm³/mol. The number of hydrogen-bond donors (Lipinski definition) is 1. The Labute approximate surface area is 55.9 Å². The second-order valence-corrected chi connectivity index (χ2v) is 3.52. The average Bonchev–Trinajstić information content (AvgIpc) is 1.64. The molecule has 1 N–H and O–H groups in total. The molecule has 0 saturated heterocycles. The first-order chi connectivity index (χ1) is 3.81. The zero-order chi connectivity index (χ0) is 7.71. The van der Waals surface area contributed by atoms with Gasteiger partial charge in [0.1, 0.15) is 5.60 Å². The maximum Gasteiger partial charge on any atom is 0.151 e. The summed E-state index contributed by atoms with van der Waals surface area (Å²) in [5.74, 6) is 0. The molecule has 0 radical (unpaired) electrons. The Kier molecular flexibility index (Phi) is 2.02. The highest BCUT2D eigenvalue weighted by molar-refractivity contribution is 5.62. The van der Waals surface area contributed by atoms with E-state index in [1.165, 1.54) is 6.92 Å². The summed E-state index contributed by atoms with van der Waals surface area (Å²) >= 11 is 0. The molecule has 0 amide bonds. The van der Waals surface area contributed by atoms with E-state index in [-0.39, 0.29) is 5.41 Å². The van der Waals surface area contributed by atoms with E-state index in [0.29, 0.717) is 6.29 Å². The minimum Gasteiger partial charge on any atom is -0.382 e. The Morgan fingerprint density at radius 3 is 1.56 bits per heavy atom. The molecule has 9 heavy (non-hydrogen) atoms. The lowest BCUT2D eigenvalue weighted by Gasteiger charge is -2.31. The van der Waals surface area contributed by atoms with Crippen LogP contribution in [0, 0.1) is 5.41 Å². The minimum absolute atomic E-state index is 0.366. The maximum atomic E-state index is 10.2. The van der Waals surface area contributed by atoms with Crippen molar-refractivity contribution < 1.29 is 9.90 Å². The maximum absolute atomic E-state index is 10.2. The zero-order valence-corrected chi connectivity index (χ0v) is 6.43. The van der Waals surface area contributed by atoms with E-state index in [9.17, 15) is 9.90 Å². The van der Waals surface area contributed by atoms with Crippen molar-refractivity contribution in [2.75, 3.05) is 0 Å². The topological polar surface area (TPSA) is 37.3 Å². The van der Waals surface area contributed by atoms with Gasteiger partial charge in [-0.05, 0) is 12.3 Å². The van der Waals surface area contributed by atoms with Crippen molar-refractivity contribution >= 4 is 6.29 Å². The summed E-state index contributed by atoms with van der Waals surface area (Å²) in [5, 5.41) is 9.29. The van der Waals surface area contributed by atoms with Gasteiger partial charge >= 0.3 is 0 Å². The van der Waals surface area contributed by atoms with Crippen molar-refractivity contribution in [2.45, 2.75) is 33.3 Å². The van der Waals surface area contributed by atoms with Crippen LogP contribution in [0.1, 0.15) is 27.7 Å². The van der Waals surface area contributed by atoms with Gasteiger partial charge in [0.05, 0.1) is 0 Å². The summed E-state index contributed by atoms with van der Waals surface area (Å²) in [6.07, 6.45) is 0.576. The Morgan fingerprint density at radius 1 is 1.22 bits per heavy atom. The third-order valence-corrected chi connectivity index (χ3v) is 1.75. The molecule has 1 unspecified atom stereocenters. The summed E-state index contributed by atoms with van der Waals surface area (Å²) < 4.78 is 0. The molecule has 0 aromatic rings.